The Bertz CT molecular complexity index is 1430. The molecule has 1 saturated heterocycles. The molecule has 1 aliphatic heterocycles. The van der Waals surface area contributed by atoms with E-state index < -0.39 is 0 Å². The third kappa shape index (κ3) is 7.18. The molecule has 9 nitrogen and oxygen atoms in total. The maximum absolute atomic E-state index is 6.36. The van der Waals surface area contributed by atoms with Crippen LogP contribution in [-0.2, 0) is 17.6 Å². The quantitative estimate of drug-likeness (QED) is 0.240. The zero-order chi connectivity index (χ0) is 28.6. The molecule has 0 spiro atoms. The second-order valence-corrected chi connectivity index (χ2v) is 9.77. The van der Waals surface area contributed by atoms with Crippen LogP contribution in [0.5, 0.6) is 28.9 Å². The fourth-order valence-corrected chi connectivity index (χ4v) is 4.67. The molecule has 0 unspecified atom stereocenters. The van der Waals surface area contributed by atoms with Crippen molar-refractivity contribution in [3.05, 3.63) is 83.6 Å². The van der Waals surface area contributed by atoms with Crippen LogP contribution in [0.3, 0.4) is 0 Å². The summed E-state index contributed by atoms with van der Waals surface area (Å²) in [6, 6.07) is 19.9. The molecule has 1 aliphatic rings. The van der Waals surface area contributed by atoms with E-state index in [1.807, 2.05) is 61.7 Å². The van der Waals surface area contributed by atoms with Crippen LogP contribution >= 0.6 is 0 Å². The van der Waals surface area contributed by atoms with Crippen molar-refractivity contribution in [1.29, 1.82) is 0 Å². The number of hydrogen-bond acceptors (Lipinski definition) is 9. The van der Waals surface area contributed by atoms with Gasteiger partial charge in [0.05, 0.1) is 34.5 Å². The van der Waals surface area contributed by atoms with Crippen molar-refractivity contribution < 1.29 is 23.7 Å². The minimum Gasteiger partial charge on any atom is -0.497 e. The number of methoxy groups -OCH3 is 3. The van der Waals surface area contributed by atoms with Crippen LogP contribution in [0.2, 0.25) is 0 Å². The SMILES string of the molecule is COc1cc(CCc2cnc(Nc3ccc(N4CCOCC4)cc3)nc2Oc2ccc(C)cc2OC)cc(OC)c1. The first kappa shape index (κ1) is 28.0. The van der Waals surface area contributed by atoms with Crippen LogP contribution in [0.15, 0.2) is 66.9 Å². The highest BCUT2D eigenvalue weighted by Gasteiger charge is 2.15. The van der Waals surface area contributed by atoms with Gasteiger partial charge >= 0.3 is 0 Å². The van der Waals surface area contributed by atoms with Crippen LogP contribution < -0.4 is 29.2 Å². The summed E-state index contributed by atoms with van der Waals surface area (Å²) in [6.45, 7) is 5.30. The van der Waals surface area contributed by atoms with Crippen LogP contribution in [0, 0.1) is 6.92 Å². The van der Waals surface area contributed by atoms with Crippen molar-refractivity contribution in [3.63, 3.8) is 0 Å². The van der Waals surface area contributed by atoms with E-state index in [-0.39, 0.29) is 0 Å². The number of hydrogen-bond donors (Lipinski definition) is 1. The predicted octanol–water partition coefficient (Wildman–Crippen LogP) is 5.97. The molecule has 0 saturated carbocycles. The summed E-state index contributed by atoms with van der Waals surface area (Å²) in [4.78, 5) is 11.7. The van der Waals surface area contributed by atoms with Gasteiger partial charge in [-0.3, -0.25) is 0 Å². The van der Waals surface area contributed by atoms with Gasteiger partial charge in [0.2, 0.25) is 11.8 Å². The lowest BCUT2D eigenvalue weighted by Crippen LogP contribution is -2.36. The lowest BCUT2D eigenvalue weighted by Gasteiger charge is -2.28. The van der Waals surface area contributed by atoms with Gasteiger partial charge in [-0.25, -0.2) is 4.98 Å². The molecule has 0 amide bonds. The monoisotopic (exact) mass is 556 g/mol. The van der Waals surface area contributed by atoms with E-state index in [9.17, 15) is 0 Å². The summed E-state index contributed by atoms with van der Waals surface area (Å²) in [5.41, 5.74) is 5.06. The van der Waals surface area contributed by atoms with E-state index >= 15 is 0 Å². The van der Waals surface area contributed by atoms with Gasteiger partial charge in [0.25, 0.3) is 0 Å². The minimum atomic E-state index is 0.442. The topological polar surface area (TPSA) is 87.2 Å². The van der Waals surface area contributed by atoms with E-state index in [1.54, 1.807) is 21.3 Å². The highest BCUT2D eigenvalue weighted by atomic mass is 16.5. The average Bonchev–Trinajstić information content (AvgIpc) is 3.02. The lowest BCUT2D eigenvalue weighted by molar-refractivity contribution is 0.122. The van der Waals surface area contributed by atoms with Crippen LogP contribution in [0.4, 0.5) is 17.3 Å². The Morgan fingerprint density at radius 1 is 0.829 bits per heavy atom. The van der Waals surface area contributed by atoms with E-state index in [1.165, 1.54) is 5.69 Å². The summed E-state index contributed by atoms with van der Waals surface area (Å²) in [7, 11) is 4.93. The van der Waals surface area contributed by atoms with E-state index in [2.05, 4.69) is 27.3 Å². The first-order valence-corrected chi connectivity index (χ1v) is 13.6. The third-order valence-electron chi connectivity index (χ3n) is 6.94. The average molecular weight is 557 g/mol. The Morgan fingerprint density at radius 2 is 1.56 bits per heavy atom. The molecular formula is C32H36N4O5. The largest absolute Gasteiger partial charge is 0.497 e. The van der Waals surface area contributed by atoms with E-state index in [0.29, 0.717) is 36.2 Å². The highest BCUT2D eigenvalue weighted by Crippen LogP contribution is 2.34. The lowest BCUT2D eigenvalue weighted by atomic mass is 10.1. The minimum absolute atomic E-state index is 0.442. The van der Waals surface area contributed by atoms with Crippen LogP contribution in [0.1, 0.15) is 16.7 Å². The molecule has 1 N–H and O–H groups in total. The van der Waals surface area contributed by atoms with Crippen molar-refractivity contribution >= 4 is 17.3 Å². The third-order valence-corrected chi connectivity index (χ3v) is 6.94. The van der Waals surface area contributed by atoms with Gasteiger partial charge in [0, 0.05) is 42.3 Å². The summed E-state index contributed by atoms with van der Waals surface area (Å²) in [5, 5.41) is 3.32. The molecule has 0 aliphatic carbocycles. The van der Waals surface area contributed by atoms with Crippen LogP contribution in [-0.4, -0.2) is 57.6 Å². The second-order valence-electron chi connectivity index (χ2n) is 9.77. The number of nitrogens with zero attached hydrogens (tertiary/aromatic N) is 3. The Labute approximate surface area is 241 Å². The molecular weight excluding hydrogens is 520 g/mol. The van der Waals surface area contributed by atoms with Gasteiger partial charge in [0.15, 0.2) is 11.5 Å². The molecule has 41 heavy (non-hydrogen) atoms. The zero-order valence-corrected chi connectivity index (χ0v) is 24.0. The Balaban J connectivity index is 1.39. The number of morpholine rings is 1. The first-order chi connectivity index (χ1) is 20.0. The Kier molecular flexibility index (Phi) is 9.05. The molecule has 0 atom stereocenters. The fourth-order valence-electron chi connectivity index (χ4n) is 4.67. The van der Waals surface area contributed by atoms with Crippen molar-refractivity contribution in [1.82, 2.24) is 9.97 Å². The van der Waals surface area contributed by atoms with Gasteiger partial charge in [-0.15, -0.1) is 0 Å². The molecule has 1 fully saturated rings. The highest BCUT2D eigenvalue weighted by molar-refractivity contribution is 5.60. The maximum atomic E-state index is 6.36. The van der Waals surface area contributed by atoms with Gasteiger partial charge in [0.1, 0.15) is 11.5 Å². The van der Waals surface area contributed by atoms with Crippen LogP contribution in [0.25, 0.3) is 0 Å². The van der Waals surface area contributed by atoms with Crippen molar-refractivity contribution in [2.75, 3.05) is 57.8 Å². The van der Waals surface area contributed by atoms with Gasteiger partial charge in [-0.2, -0.15) is 4.98 Å². The predicted molar refractivity (Wildman–Crippen MR) is 160 cm³/mol. The molecule has 0 bridgehead atoms. The van der Waals surface area contributed by atoms with E-state index in [4.69, 9.17) is 28.7 Å². The smallest absolute Gasteiger partial charge is 0.230 e. The molecule has 9 heteroatoms. The number of aromatic nitrogens is 2. The van der Waals surface area contributed by atoms with Gasteiger partial charge < -0.3 is 33.9 Å². The number of benzene rings is 3. The zero-order valence-electron chi connectivity index (χ0n) is 24.0. The maximum Gasteiger partial charge on any atom is 0.230 e. The molecule has 1 aromatic heterocycles. The number of aryl methyl sites for hydroxylation is 3. The number of nitrogens with one attached hydrogen (secondary N) is 1. The summed E-state index contributed by atoms with van der Waals surface area (Å²) in [5.74, 6) is 3.62. The van der Waals surface area contributed by atoms with Crippen molar-refractivity contribution in [3.8, 4) is 28.9 Å². The molecule has 3 aromatic carbocycles. The molecule has 214 valence electrons. The standard InChI is InChI=1S/C32H36N4O5/c1-22-5-12-29(30(17-22)39-4)41-31-24(7-6-23-18-27(37-2)20-28(19-23)38-3)21-33-32(35-31)34-25-8-10-26(11-9-25)36-13-15-40-16-14-36/h5,8-12,17-21H,6-7,13-16H2,1-4H3,(H,33,34,35). The fraction of sp³-hybridized carbons (Fsp3) is 0.312. The van der Waals surface area contributed by atoms with Gasteiger partial charge in [-0.05, 0) is 79.4 Å². The molecule has 5 rings (SSSR count). The number of ether oxygens (including phenoxy) is 5. The van der Waals surface area contributed by atoms with E-state index in [0.717, 1.165) is 60.2 Å². The number of anilines is 3. The van der Waals surface area contributed by atoms with Gasteiger partial charge in [-0.1, -0.05) is 6.07 Å². The first-order valence-electron chi connectivity index (χ1n) is 13.6. The Morgan fingerprint density at radius 3 is 2.24 bits per heavy atom. The summed E-state index contributed by atoms with van der Waals surface area (Å²) >= 11 is 0. The van der Waals surface area contributed by atoms with Crippen molar-refractivity contribution in [2.24, 2.45) is 0 Å². The normalized spacial score (nSPS) is 13.0. The Hall–Kier alpha value is -4.50. The molecule has 4 aromatic rings. The van der Waals surface area contributed by atoms with Crippen molar-refractivity contribution in [2.45, 2.75) is 19.8 Å². The second kappa shape index (κ2) is 13.2. The molecule has 2 heterocycles. The number of rotatable bonds is 11. The summed E-state index contributed by atoms with van der Waals surface area (Å²) in [6.07, 6.45) is 3.17. The molecule has 0 radical (unpaired) electrons. The summed E-state index contributed by atoms with van der Waals surface area (Å²) < 4.78 is 28.3.